The molecule has 0 bridgehead atoms. The largest absolute Gasteiger partial charge is 0.393 e. The Kier molecular flexibility index (Phi) is 2.70. The molecule has 0 heterocycles. The first-order valence-corrected chi connectivity index (χ1v) is 2.19. The molecule has 0 fully saturated rings. The smallest absolute Gasteiger partial charge is 0.0599 e. The van der Waals surface area contributed by atoms with Gasteiger partial charge in [-0.15, -0.1) is 0 Å². The van der Waals surface area contributed by atoms with Gasteiger partial charge < -0.3 is 5.11 Å². The van der Waals surface area contributed by atoms with Gasteiger partial charge in [0.05, 0.1) is 6.10 Å². The molecule has 0 saturated heterocycles. The maximum Gasteiger partial charge on any atom is 0.0599 e. The summed E-state index contributed by atoms with van der Waals surface area (Å²) in [5.41, 5.74) is 0. The minimum Gasteiger partial charge on any atom is -0.393 e. The Hall–Kier alpha value is 0.310. The Morgan fingerprint density at radius 2 is 2.20 bits per heavy atom. The lowest BCUT2D eigenvalue weighted by Crippen LogP contribution is -1.98. The van der Waals surface area contributed by atoms with Crippen LogP contribution in [0.2, 0.25) is 0 Å². The number of aliphatic hydroxyl groups excluding tert-OH is 1. The standard InChI is InChI=1S/C3H8OS/c1-3(4)2-5/h3-5H,2H2,1H3/t3-/m0/s1. The molecule has 0 saturated carbocycles. The van der Waals surface area contributed by atoms with Crippen LogP contribution in [0.5, 0.6) is 0 Å². The lowest BCUT2D eigenvalue weighted by Gasteiger charge is -1.89. The average molecular weight is 92.2 g/mol. The van der Waals surface area contributed by atoms with Crippen LogP contribution in [0.15, 0.2) is 0 Å². The molecular formula is C3H8OS. The third-order valence-corrected chi connectivity index (χ3v) is 0.793. The van der Waals surface area contributed by atoms with Crippen molar-refractivity contribution in [2.45, 2.75) is 13.0 Å². The maximum absolute atomic E-state index is 8.28. The predicted octanol–water partition coefficient (Wildman–Crippen LogP) is 0.297. The van der Waals surface area contributed by atoms with Gasteiger partial charge in [0.2, 0.25) is 0 Å². The number of thiol groups is 1. The van der Waals surface area contributed by atoms with Crippen LogP contribution in [0.1, 0.15) is 6.92 Å². The molecule has 0 aromatic heterocycles. The SMILES string of the molecule is C[C@H](O)CS. The lowest BCUT2D eigenvalue weighted by molar-refractivity contribution is 0.221. The second-order valence-corrected chi connectivity index (χ2v) is 1.40. The van der Waals surface area contributed by atoms with Gasteiger partial charge >= 0.3 is 0 Å². The van der Waals surface area contributed by atoms with Gasteiger partial charge in [-0.2, -0.15) is 12.6 Å². The fourth-order valence-electron chi connectivity index (χ4n) is 0. The van der Waals surface area contributed by atoms with Crippen molar-refractivity contribution in [1.29, 1.82) is 0 Å². The summed E-state index contributed by atoms with van der Waals surface area (Å²) in [7, 11) is 0. The van der Waals surface area contributed by atoms with Crippen molar-refractivity contribution in [3.63, 3.8) is 0 Å². The Bertz CT molecular complexity index is 20.9. The molecule has 0 aromatic rings. The van der Waals surface area contributed by atoms with E-state index < -0.39 is 0 Å². The Morgan fingerprint density at radius 3 is 2.20 bits per heavy atom. The zero-order valence-electron chi connectivity index (χ0n) is 3.18. The van der Waals surface area contributed by atoms with Crippen molar-refractivity contribution < 1.29 is 5.11 Å². The maximum atomic E-state index is 8.28. The molecule has 1 atom stereocenters. The summed E-state index contributed by atoms with van der Waals surface area (Å²) >= 11 is 3.77. The van der Waals surface area contributed by atoms with E-state index in [1.165, 1.54) is 0 Å². The van der Waals surface area contributed by atoms with Gasteiger partial charge in [0.25, 0.3) is 0 Å². The summed E-state index contributed by atoms with van der Waals surface area (Å²) in [6, 6.07) is 0. The average Bonchev–Trinajstić information content (AvgIpc) is 1.38. The van der Waals surface area contributed by atoms with Crippen molar-refractivity contribution in [2.75, 3.05) is 5.75 Å². The monoisotopic (exact) mass is 92.0 g/mol. The normalized spacial score (nSPS) is 15.0. The second kappa shape index (κ2) is 2.54. The summed E-state index contributed by atoms with van der Waals surface area (Å²) in [6.45, 7) is 1.70. The van der Waals surface area contributed by atoms with Crippen LogP contribution < -0.4 is 0 Å². The fraction of sp³-hybridized carbons (Fsp3) is 1.00. The molecule has 32 valence electrons. The first-order chi connectivity index (χ1) is 2.27. The summed E-state index contributed by atoms with van der Waals surface area (Å²) < 4.78 is 0. The van der Waals surface area contributed by atoms with E-state index in [2.05, 4.69) is 12.6 Å². The van der Waals surface area contributed by atoms with Crippen LogP contribution in [0.4, 0.5) is 0 Å². The highest BCUT2D eigenvalue weighted by atomic mass is 32.1. The molecule has 1 nitrogen and oxygen atoms in total. The Balaban J connectivity index is 2.54. The third kappa shape index (κ3) is 4.31. The molecule has 1 N–H and O–H groups in total. The van der Waals surface area contributed by atoms with Crippen molar-refractivity contribution in [3.8, 4) is 0 Å². The van der Waals surface area contributed by atoms with Gasteiger partial charge in [-0.3, -0.25) is 0 Å². The van der Waals surface area contributed by atoms with Gasteiger partial charge in [0, 0.05) is 5.75 Å². The third-order valence-electron chi connectivity index (χ3n) is 0.264. The molecule has 0 amide bonds. The van der Waals surface area contributed by atoms with Gasteiger partial charge in [-0.25, -0.2) is 0 Å². The van der Waals surface area contributed by atoms with Crippen LogP contribution >= 0.6 is 12.6 Å². The Morgan fingerprint density at radius 1 is 2.00 bits per heavy atom. The fourth-order valence-corrected chi connectivity index (χ4v) is 0. The quantitative estimate of drug-likeness (QED) is 0.446. The molecule has 0 rings (SSSR count). The van der Waals surface area contributed by atoms with Gasteiger partial charge in [-0.05, 0) is 6.92 Å². The van der Waals surface area contributed by atoms with Gasteiger partial charge in [0.1, 0.15) is 0 Å². The van der Waals surface area contributed by atoms with Crippen molar-refractivity contribution >= 4 is 12.6 Å². The van der Waals surface area contributed by atoms with E-state index in [9.17, 15) is 0 Å². The zero-order chi connectivity index (χ0) is 4.28. The summed E-state index contributed by atoms with van der Waals surface area (Å²) in [5.74, 6) is 0.556. The number of hydrogen-bond donors (Lipinski definition) is 2. The van der Waals surface area contributed by atoms with Crippen LogP contribution in [0.25, 0.3) is 0 Å². The molecular weight excluding hydrogens is 84.1 g/mol. The number of hydrogen-bond acceptors (Lipinski definition) is 2. The van der Waals surface area contributed by atoms with Crippen LogP contribution in [0, 0.1) is 0 Å². The van der Waals surface area contributed by atoms with Crippen molar-refractivity contribution in [2.24, 2.45) is 0 Å². The first kappa shape index (κ1) is 5.31. The van der Waals surface area contributed by atoms with Gasteiger partial charge in [0.15, 0.2) is 0 Å². The molecule has 2 heteroatoms. The summed E-state index contributed by atoms with van der Waals surface area (Å²) in [6.07, 6.45) is -0.252. The van der Waals surface area contributed by atoms with E-state index in [1.807, 2.05) is 0 Å². The Labute approximate surface area is 37.4 Å². The van der Waals surface area contributed by atoms with E-state index in [0.29, 0.717) is 5.75 Å². The highest BCUT2D eigenvalue weighted by molar-refractivity contribution is 7.80. The first-order valence-electron chi connectivity index (χ1n) is 1.56. The highest BCUT2D eigenvalue weighted by Gasteiger charge is 1.82. The van der Waals surface area contributed by atoms with E-state index in [1.54, 1.807) is 6.92 Å². The van der Waals surface area contributed by atoms with E-state index in [-0.39, 0.29) is 6.10 Å². The molecule has 0 unspecified atom stereocenters. The van der Waals surface area contributed by atoms with Crippen LogP contribution in [0.3, 0.4) is 0 Å². The molecule has 5 heavy (non-hydrogen) atoms. The minimum atomic E-state index is -0.252. The number of rotatable bonds is 1. The van der Waals surface area contributed by atoms with Crippen LogP contribution in [-0.2, 0) is 0 Å². The molecule has 0 aliphatic rings. The topological polar surface area (TPSA) is 20.2 Å². The van der Waals surface area contributed by atoms with Crippen molar-refractivity contribution in [1.82, 2.24) is 0 Å². The summed E-state index contributed by atoms with van der Waals surface area (Å²) in [5, 5.41) is 8.28. The zero-order valence-corrected chi connectivity index (χ0v) is 4.07. The van der Waals surface area contributed by atoms with Crippen molar-refractivity contribution in [3.05, 3.63) is 0 Å². The van der Waals surface area contributed by atoms with Crippen LogP contribution in [-0.4, -0.2) is 17.0 Å². The number of aliphatic hydroxyl groups is 1. The molecule has 0 radical (unpaired) electrons. The molecule has 0 spiro atoms. The summed E-state index contributed by atoms with van der Waals surface area (Å²) in [4.78, 5) is 0. The predicted molar refractivity (Wildman–Crippen MR) is 25.5 cm³/mol. The van der Waals surface area contributed by atoms with Gasteiger partial charge in [-0.1, -0.05) is 0 Å². The van der Waals surface area contributed by atoms with E-state index in [4.69, 9.17) is 5.11 Å². The highest BCUT2D eigenvalue weighted by Crippen LogP contribution is 1.79. The molecule has 0 aliphatic carbocycles. The van der Waals surface area contributed by atoms with E-state index >= 15 is 0 Å². The van der Waals surface area contributed by atoms with E-state index in [0.717, 1.165) is 0 Å². The molecule has 0 aliphatic heterocycles. The molecule has 0 aromatic carbocycles. The lowest BCUT2D eigenvalue weighted by atomic mass is 10.5. The minimum absolute atomic E-state index is 0.252. The second-order valence-electron chi connectivity index (χ2n) is 1.03.